The van der Waals surface area contributed by atoms with Gasteiger partial charge in [0.15, 0.2) is 0 Å². The Morgan fingerprint density at radius 3 is 1.62 bits per heavy atom. The molecule has 1 fully saturated rings. The van der Waals surface area contributed by atoms with Crippen LogP contribution in [0.25, 0.3) is 0 Å². The quantitative estimate of drug-likeness (QED) is 0.462. The van der Waals surface area contributed by atoms with Crippen molar-refractivity contribution in [1.29, 1.82) is 0 Å². The van der Waals surface area contributed by atoms with E-state index in [2.05, 4.69) is 0 Å². The molecule has 4 heteroatoms. The first-order valence-electron chi connectivity index (χ1n) is 4.67. The van der Waals surface area contributed by atoms with Crippen LogP contribution in [0.2, 0.25) is 0 Å². The summed E-state index contributed by atoms with van der Waals surface area (Å²) in [5, 5.41) is 28.7. The van der Waals surface area contributed by atoms with Gasteiger partial charge >= 0.3 is 0 Å². The zero-order valence-corrected chi connectivity index (χ0v) is 8.51. The van der Waals surface area contributed by atoms with Crippen LogP contribution in [0.5, 0.6) is 0 Å². The highest BCUT2D eigenvalue weighted by Crippen LogP contribution is 2.25. The molecule has 78 valence electrons. The fraction of sp³-hybridized carbons (Fsp3) is 1.00. The van der Waals surface area contributed by atoms with Crippen LogP contribution in [0.3, 0.4) is 0 Å². The third-order valence-electron chi connectivity index (χ3n) is 2.71. The Bertz CT molecular complexity index is 166. The molecular weight excluding hydrogens is 170 g/mol. The monoisotopic (exact) mass is 190 g/mol. The van der Waals surface area contributed by atoms with Crippen molar-refractivity contribution in [2.24, 2.45) is 0 Å². The van der Waals surface area contributed by atoms with Crippen LogP contribution in [-0.2, 0) is 0 Å². The van der Waals surface area contributed by atoms with Gasteiger partial charge in [-0.1, -0.05) is 0 Å². The zero-order chi connectivity index (χ0) is 10.2. The Kier molecular flexibility index (Phi) is 2.97. The van der Waals surface area contributed by atoms with Gasteiger partial charge in [-0.25, -0.2) is 0 Å². The van der Waals surface area contributed by atoms with Gasteiger partial charge < -0.3 is 19.8 Å². The molecule has 0 radical (unpaired) electrons. The van der Waals surface area contributed by atoms with E-state index in [0.29, 0.717) is 17.3 Å². The minimum absolute atomic E-state index is 0.191. The van der Waals surface area contributed by atoms with E-state index in [4.69, 9.17) is 0 Å². The van der Waals surface area contributed by atoms with Gasteiger partial charge in [-0.3, -0.25) is 0 Å². The van der Waals surface area contributed by atoms with E-state index in [1.165, 1.54) is 0 Å². The van der Waals surface area contributed by atoms with Crippen LogP contribution < -0.4 is 0 Å². The molecule has 1 aliphatic carbocycles. The largest absolute Gasteiger partial charge is 0.393 e. The number of likely N-dealkylation sites (N-methyl/N-ethyl adjacent to an activating group) is 1. The Labute approximate surface area is 79.0 Å². The first-order valence-corrected chi connectivity index (χ1v) is 4.67. The molecule has 0 heterocycles. The van der Waals surface area contributed by atoms with Crippen LogP contribution >= 0.6 is 0 Å². The number of aliphatic hydroxyl groups is 3. The third-order valence-corrected chi connectivity index (χ3v) is 2.71. The molecule has 0 aromatic rings. The first kappa shape index (κ1) is 10.9. The molecule has 3 N–H and O–H groups in total. The summed E-state index contributed by atoms with van der Waals surface area (Å²) >= 11 is 0. The lowest BCUT2D eigenvalue weighted by Crippen LogP contribution is -2.61. The van der Waals surface area contributed by atoms with E-state index in [1.54, 1.807) is 0 Å². The molecule has 0 amide bonds. The lowest BCUT2D eigenvalue weighted by atomic mass is 9.86. The van der Waals surface area contributed by atoms with Crippen molar-refractivity contribution in [2.45, 2.75) is 37.2 Å². The minimum atomic E-state index is -0.612. The Morgan fingerprint density at radius 2 is 1.31 bits per heavy atom. The van der Waals surface area contributed by atoms with Crippen LogP contribution in [0.1, 0.15) is 12.8 Å². The van der Waals surface area contributed by atoms with Crippen LogP contribution in [0.15, 0.2) is 0 Å². The van der Waals surface area contributed by atoms with Gasteiger partial charge in [-0.2, -0.15) is 0 Å². The molecule has 1 aliphatic rings. The molecule has 1 saturated carbocycles. The Morgan fingerprint density at radius 1 is 0.923 bits per heavy atom. The van der Waals surface area contributed by atoms with Crippen LogP contribution in [-0.4, -0.2) is 65.3 Å². The Balaban J connectivity index is 2.73. The second kappa shape index (κ2) is 3.53. The highest BCUT2D eigenvalue weighted by molar-refractivity contribution is 4.86. The molecule has 1 rings (SSSR count). The van der Waals surface area contributed by atoms with Gasteiger partial charge in [0.2, 0.25) is 0 Å². The number of rotatable bonds is 1. The summed E-state index contributed by atoms with van der Waals surface area (Å²) in [5.74, 6) is 0. The van der Waals surface area contributed by atoms with Gasteiger partial charge in [-0.15, -0.1) is 0 Å². The second-order valence-electron chi connectivity index (χ2n) is 4.87. The molecule has 0 aliphatic heterocycles. The molecule has 0 spiro atoms. The normalized spacial score (nSPS) is 42.0. The standard InChI is InChI=1S/C9H20NO3/c1-10(2,3)9-7(12)4-6(11)5-8(9)13/h6-9,11-13H,4-5H2,1-3H3/q+1. The molecule has 0 aromatic heterocycles. The summed E-state index contributed by atoms with van der Waals surface area (Å²) in [7, 11) is 5.82. The van der Waals surface area contributed by atoms with E-state index >= 15 is 0 Å². The molecule has 13 heavy (non-hydrogen) atoms. The van der Waals surface area contributed by atoms with E-state index in [0.717, 1.165) is 0 Å². The molecule has 0 aromatic carbocycles. The third kappa shape index (κ3) is 2.40. The van der Waals surface area contributed by atoms with E-state index in [9.17, 15) is 15.3 Å². The van der Waals surface area contributed by atoms with Gasteiger partial charge in [0.25, 0.3) is 0 Å². The summed E-state index contributed by atoms with van der Waals surface area (Å²) in [6.45, 7) is 0. The van der Waals surface area contributed by atoms with Crippen molar-refractivity contribution < 1.29 is 19.8 Å². The van der Waals surface area contributed by atoms with Gasteiger partial charge in [-0.05, 0) is 0 Å². The second-order valence-corrected chi connectivity index (χ2v) is 4.87. The molecule has 0 saturated heterocycles. The molecule has 2 unspecified atom stereocenters. The predicted molar refractivity (Wildman–Crippen MR) is 49.1 cm³/mol. The highest BCUT2D eigenvalue weighted by atomic mass is 16.3. The number of quaternary nitrogens is 1. The molecular formula is C9H20NO3+. The highest BCUT2D eigenvalue weighted by Gasteiger charge is 2.43. The lowest BCUT2D eigenvalue weighted by Gasteiger charge is -2.43. The van der Waals surface area contributed by atoms with E-state index in [-0.39, 0.29) is 6.04 Å². The number of hydrogen-bond acceptors (Lipinski definition) is 3. The molecule has 2 atom stereocenters. The maximum Gasteiger partial charge on any atom is 0.141 e. The van der Waals surface area contributed by atoms with Crippen molar-refractivity contribution in [3.63, 3.8) is 0 Å². The van der Waals surface area contributed by atoms with Gasteiger partial charge in [0, 0.05) is 12.8 Å². The van der Waals surface area contributed by atoms with Crippen LogP contribution in [0.4, 0.5) is 0 Å². The number of aliphatic hydroxyl groups excluding tert-OH is 3. The number of hydrogen-bond donors (Lipinski definition) is 3. The summed E-state index contributed by atoms with van der Waals surface area (Å²) in [5.41, 5.74) is 0. The Hall–Kier alpha value is -0.160. The maximum atomic E-state index is 9.71. The summed E-state index contributed by atoms with van der Waals surface area (Å²) in [6.07, 6.45) is -1.04. The SMILES string of the molecule is C[N+](C)(C)C1C(O)CC(O)CC1O. The van der Waals surface area contributed by atoms with Gasteiger partial charge in [0.05, 0.1) is 27.2 Å². The average molecular weight is 190 g/mol. The summed E-state index contributed by atoms with van der Waals surface area (Å²) in [6, 6.07) is -0.191. The average Bonchev–Trinajstić information content (AvgIpc) is 1.78. The fourth-order valence-electron chi connectivity index (χ4n) is 2.22. The van der Waals surface area contributed by atoms with E-state index < -0.39 is 18.3 Å². The topological polar surface area (TPSA) is 60.7 Å². The molecule has 4 nitrogen and oxygen atoms in total. The minimum Gasteiger partial charge on any atom is -0.393 e. The van der Waals surface area contributed by atoms with Crippen molar-refractivity contribution in [1.82, 2.24) is 0 Å². The summed E-state index contributed by atoms with van der Waals surface area (Å²) in [4.78, 5) is 0. The van der Waals surface area contributed by atoms with Crippen LogP contribution in [0, 0.1) is 0 Å². The van der Waals surface area contributed by atoms with Crippen molar-refractivity contribution in [3.8, 4) is 0 Å². The van der Waals surface area contributed by atoms with E-state index in [1.807, 2.05) is 21.1 Å². The predicted octanol–water partition coefficient (Wildman–Crippen LogP) is -1.06. The molecule has 0 bridgehead atoms. The smallest absolute Gasteiger partial charge is 0.141 e. The van der Waals surface area contributed by atoms with Crippen molar-refractivity contribution in [2.75, 3.05) is 21.1 Å². The van der Waals surface area contributed by atoms with Crippen molar-refractivity contribution in [3.05, 3.63) is 0 Å². The lowest BCUT2D eigenvalue weighted by molar-refractivity contribution is -0.904. The van der Waals surface area contributed by atoms with Crippen molar-refractivity contribution >= 4 is 0 Å². The van der Waals surface area contributed by atoms with Gasteiger partial charge in [0.1, 0.15) is 18.2 Å². The maximum absolute atomic E-state index is 9.71. The fourth-order valence-corrected chi connectivity index (χ4v) is 2.22. The first-order chi connectivity index (χ1) is 5.82. The summed E-state index contributed by atoms with van der Waals surface area (Å²) < 4.78 is 0.523. The number of nitrogens with zero attached hydrogens (tertiary/aromatic N) is 1. The zero-order valence-electron chi connectivity index (χ0n) is 8.51.